The van der Waals surface area contributed by atoms with E-state index < -0.39 is 0 Å². The molecular formula is C17H20FNO. The van der Waals surface area contributed by atoms with Gasteiger partial charge in [0, 0.05) is 11.1 Å². The van der Waals surface area contributed by atoms with Crippen LogP contribution < -0.4 is 10.5 Å². The van der Waals surface area contributed by atoms with Gasteiger partial charge in [0.15, 0.2) is 0 Å². The van der Waals surface area contributed by atoms with Crippen molar-refractivity contribution in [3.05, 3.63) is 53.8 Å². The fourth-order valence-corrected chi connectivity index (χ4v) is 2.34. The van der Waals surface area contributed by atoms with Crippen LogP contribution in [0.15, 0.2) is 42.5 Å². The topological polar surface area (TPSA) is 35.2 Å². The molecule has 2 aromatic carbocycles. The Bertz CT molecular complexity index is 583. The van der Waals surface area contributed by atoms with Crippen molar-refractivity contribution in [2.75, 3.05) is 13.7 Å². The second kappa shape index (κ2) is 6.53. The van der Waals surface area contributed by atoms with Crippen LogP contribution in [0.4, 0.5) is 4.39 Å². The molecule has 0 amide bonds. The fourth-order valence-electron chi connectivity index (χ4n) is 2.34. The molecule has 0 bridgehead atoms. The molecule has 2 rings (SSSR count). The highest BCUT2D eigenvalue weighted by molar-refractivity contribution is 5.71. The van der Waals surface area contributed by atoms with Gasteiger partial charge in [-0.1, -0.05) is 31.2 Å². The van der Waals surface area contributed by atoms with Crippen LogP contribution in [0.1, 0.15) is 24.8 Å². The van der Waals surface area contributed by atoms with Gasteiger partial charge in [-0.05, 0) is 42.6 Å². The van der Waals surface area contributed by atoms with E-state index in [1.54, 1.807) is 7.11 Å². The van der Waals surface area contributed by atoms with E-state index in [2.05, 4.69) is 6.92 Å². The van der Waals surface area contributed by atoms with Gasteiger partial charge in [0.05, 0.1) is 7.11 Å². The zero-order valence-electron chi connectivity index (χ0n) is 11.9. The Morgan fingerprint density at radius 2 is 1.90 bits per heavy atom. The van der Waals surface area contributed by atoms with Gasteiger partial charge < -0.3 is 10.5 Å². The van der Waals surface area contributed by atoms with Gasteiger partial charge in [-0.25, -0.2) is 4.39 Å². The first-order valence-electron chi connectivity index (χ1n) is 6.80. The lowest BCUT2D eigenvalue weighted by molar-refractivity contribution is 0.416. The minimum absolute atomic E-state index is 0.238. The van der Waals surface area contributed by atoms with Gasteiger partial charge in [-0.15, -0.1) is 0 Å². The Labute approximate surface area is 119 Å². The molecular weight excluding hydrogens is 253 g/mol. The molecule has 0 aromatic heterocycles. The highest BCUT2D eigenvalue weighted by atomic mass is 19.1. The Balaban J connectivity index is 2.48. The van der Waals surface area contributed by atoms with E-state index in [1.165, 1.54) is 6.07 Å². The predicted octanol–water partition coefficient (Wildman–Crippen LogP) is 3.95. The molecule has 0 heterocycles. The van der Waals surface area contributed by atoms with E-state index in [0.29, 0.717) is 23.8 Å². The third-order valence-electron chi connectivity index (χ3n) is 3.56. The molecule has 0 saturated carbocycles. The zero-order chi connectivity index (χ0) is 14.5. The maximum atomic E-state index is 14.1. The molecule has 3 heteroatoms. The van der Waals surface area contributed by atoms with E-state index in [9.17, 15) is 4.39 Å². The van der Waals surface area contributed by atoms with Gasteiger partial charge in [-0.2, -0.15) is 0 Å². The summed E-state index contributed by atoms with van der Waals surface area (Å²) in [4.78, 5) is 0. The Morgan fingerprint density at radius 1 is 1.15 bits per heavy atom. The SMILES string of the molecule is COc1ccccc1-c1cc(C(C)CCN)ccc1F. The maximum Gasteiger partial charge on any atom is 0.131 e. The summed E-state index contributed by atoms with van der Waals surface area (Å²) in [6.45, 7) is 2.73. The van der Waals surface area contributed by atoms with Crippen LogP contribution in [0.3, 0.4) is 0 Å². The average Bonchev–Trinajstić information content (AvgIpc) is 2.48. The quantitative estimate of drug-likeness (QED) is 0.895. The molecule has 0 aliphatic heterocycles. The van der Waals surface area contributed by atoms with Gasteiger partial charge >= 0.3 is 0 Å². The van der Waals surface area contributed by atoms with Gasteiger partial charge in [0.1, 0.15) is 11.6 Å². The summed E-state index contributed by atoms with van der Waals surface area (Å²) in [6.07, 6.45) is 0.886. The molecule has 0 saturated heterocycles. The van der Waals surface area contributed by atoms with Crippen LogP contribution in [-0.2, 0) is 0 Å². The molecule has 0 spiro atoms. The first kappa shape index (κ1) is 14.5. The second-order valence-electron chi connectivity index (χ2n) is 4.92. The van der Waals surface area contributed by atoms with Crippen LogP contribution >= 0.6 is 0 Å². The van der Waals surface area contributed by atoms with Crippen molar-refractivity contribution >= 4 is 0 Å². The van der Waals surface area contributed by atoms with Crippen LogP contribution in [-0.4, -0.2) is 13.7 Å². The van der Waals surface area contributed by atoms with E-state index >= 15 is 0 Å². The zero-order valence-corrected chi connectivity index (χ0v) is 11.9. The number of hydrogen-bond donors (Lipinski definition) is 1. The number of hydrogen-bond acceptors (Lipinski definition) is 2. The van der Waals surface area contributed by atoms with E-state index in [4.69, 9.17) is 10.5 Å². The highest BCUT2D eigenvalue weighted by Crippen LogP contribution is 2.33. The third kappa shape index (κ3) is 2.99. The number of methoxy groups -OCH3 is 1. The first-order valence-corrected chi connectivity index (χ1v) is 6.80. The summed E-state index contributed by atoms with van der Waals surface area (Å²) >= 11 is 0. The molecule has 2 nitrogen and oxygen atoms in total. The summed E-state index contributed by atoms with van der Waals surface area (Å²) in [5.74, 6) is 0.752. The Kier molecular flexibility index (Phi) is 4.74. The van der Waals surface area contributed by atoms with Gasteiger partial charge in [0.2, 0.25) is 0 Å². The lowest BCUT2D eigenvalue weighted by atomic mass is 9.93. The van der Waals surface area contributed by atoms with Crippen molar-refractivity contribution in [3.8, 4) is 16.9 Å². The molecule has 0 aliphatic carbocycles. The molecule has 1 unspecified atom stereocenters. The number of nitrogens with two attached hydrogens (primary N) is 1. The Morgan fingerprint density at radius 3 is 2.60 bits per heavy atom. The smallest absolute Gasteiger partial charge is 0.131 e. The largest absolute Gasteiger partial charge is 0.496 e. The molecule has 0 aliphatic rings. The standard InChI is InChI=1S/C17H20FNO/c1-12(9-10-19)13-7-8-16(18)15(11-13)14-5-3-4-6-17(14)20-2/h3-8,11-12H,9-10,19H2,1-2H3. The number of benzene rings is 2. The fraction of sp³-hybridized carbons (Fsp3) is 0.294. The first-order chi connectivity index (χ1) is 9.67. The second-order valence-corrected chi connectivity index (χ2v) is 4.92. The maximum absolute atomic E-state index is 14.1. The minimum Gasteiger partial charge on any atom is -0.496 e. The van der Waals surface area contributed by atoms with E-state index in [-0.39, 0.29) is 5.82 Å². The van der Waals surface area contributed by atoms with Crippen LogP contribution in [0.2, 0.25) is 0 Å². The molecule has 2 aromatic rings. The monoisotopic (exact) mass is 273 g/mol. The van der Waals surface area contributed by atoms with Crippen molar-refractivity contribution < 1.29 is 9.13 Å². The molecule has 0 fully saturated rings. The number of para-hydroxylation sites is 1. The van der Waals surface area contributed by atoms with Crippen molar-refractivity contribution in [1.29, 1.82) is 0 Å². The van der Waals surface area contributed by atoms with Gasteiger partial charge in [-0.3, -0.25) is 0 Å². The molecule has 2 N–H and O–H groups in total. The van der Waals surface area contributed by atoms with Gasteiger partial charge in [0.25, 0.3) is 0 Å². The summed E-state index contributed by atoms with van der Waals surface area (Å²) in [7, 11) is 1.59. The average molecular weight is 273 g/mol. The van der Waals surface area contributed by atoms with Crippen LogP contribution in [0.5, 0.6) is 5.75 Å². The molecule has 20 heavy (non-hydrogen) atoms. The molecule has 106 valence electrons. The summed E-state index contributed by atoms with van der Waals surface area (Å²) in [6, 6.07) is 12.7. The Hall–Kier alpha value is -1.87. The van der Waals surface area contributed by atoms with Crippen molar-refractivity contribution in [3.63, 3.8) is 0 Å². The van der Waals surface area contributed by atoms with Crippen molar-refractivity contribution in [2.45, 2.75) is 19.3 Å². The number of halogens is 1. The van der Waals surface area contributed by atoms with Crippen molar-refractivity contribution in [1.82, 2.24) is 0 Å². The van der Waals surface area contributed by atoms with Crippen molar-refractivity contribution in [2.24, 2.45) is 5.73 Å². The lowest BCUT2D eigenvalue weighted by Crippen LogP contribution is -2.05. The summed E-state index contributed by atoms with van der Waals surface area (Å²) in [5.41, 5.74) is 8.04. The third-order valence-corrected chi connectivity index (χ3v) is 3.56. The number of ether oxygens (including phenoxy) is 1. The predicted molar refractivity (Wildman–Crippen MR) is 80.5 cm³/mol. The lowest BCUT2D eigenvalue weighted by Gasteiger charge is -2.14. The molecule has 1 atom stereocenters. The normalized spacial score (nSPS) is 12.2. The van der Waals surface area contributed by atoms with Crippen LogP contribution in [0, 0.1) is 5.82 Å². The molecule has 0 radical (unpaired) electrons. The summed E-state index contributed by atoms with van der Waals surface area (Å²) < 4.78 is 19.5. The highest BCUT2D eigenvalue weighted by Gasteiger charge is 2.13. The van der Waals surface area contributed by atoms with E-state index in [0.717, 1.165) is 17.5 Å². The van der Waals surface area contributed by atoms with E-state index in [1.807, 2.05) is 36.4 Å². The minimum atomic E-state index is -0.238. The number of rotatable bonds is 5. The summed E-state index contributed by atoms with van der Waals surface area (Å²) in [5, 5.41) is 0. The van der Waals surface area contributed by atoms with Crippen LogP contribution in [0.25, 0.3) is 11.1 Å².